The van der Waals surface area contributed by atoms with E-state index in [1.807, 2.05) is 0 Å². The molecule has 0 bridgehead atoms. The number of hydrogen-bond acceptors (Lipinski definition) is 4. The maximum atomic E-state index is 12.0. The summed E-state index contributed by atoms with van der Waals surface area (Å²) in [5.74, 6) is 0.856. The highest BCUT2D eigenvalue weighted by molar-refractivity contribution is 7.10. The van der Waals surface area contributed by atoms with E-state index in [1.165, 1.54) is 0 Å². The zero-order valence-electron chi connectivity index (χ0n) is 8.47. The Labute approximate surface area is 95.0 Å². The minimum absolute atomic E-state index is 0.120. The number of rotatable bonds is 4. The molecule has 0 radical (unpaired) electrons. The Morgan fingerprint density at radius 2 is 2.12 bits per heavy atom. The molecule has 16 heavy (non-hydrogen) atoms. The number of nitrogens with two attached hydrogens (primary N) is 1. The van der Waals surface area contributed by atoms with Gasteiger partial charge in [0, 0.05) is 12.1 Å². The molecule has 0 unspecified atom stereocenters. The number of hydrogen-bond donors (Lipinski definition) is 2. The number of nitrogens with zero attached hydrogens (tertiary/aromatic N) is 1. The summed E-state index contributed by atoms with van der Waals surface area (Å²) in [6.07, 6.45) is -2.86. The Kier molecular flexibility index (Phi) is 2.96. The minimum Gasteiger partial charge on any atom is -0.383 e. The zero-order chi connectivity index (χ0) is 11.8. The lowest BCUT2D eigenvalue weighted by Crippen LogP contribution is -2.14. The lowest BCUT2D eigenvalue weighted by Gasteiger charge is -2.08. The van der Waals surface area contributed by atoms with Crippen molar-refractivity contribution in [3.8, 4) is 0 Å². The molecule has 1 fully saturated rings. The highest BCUT2D eigenvalue weighted by Gasteiger charge is 2.31. The highest BCUT2D eigenvalue weighted by atomic mass is 32.1. The van der Waals surface area contributed by atoms with Crippen LogP contribution >= 0.6 is 11.5 Å². The highest BCUT2D eigenvalue weighted by Crippen LogP contribution is 2.47. The first kappa shape index (κ1) is 11.5. The summed E-state index contributed by atoms with van der Waals surface area (Å²) < 4.78 is 39.8. The summed E-state index contributed by atoms with van der Waals surface area (Å²) in [6, 6.07) is 0. The van der Waals surface area contributed by atoms with Crippen molar-refractivity contribution in [3.05, 3.63) is 5.56 Å². The predicted octanol–water partition coefficient (Wildman–Crippen LogP) is 2.97. The van der Waals surface area contributed by atoms with Gasteiger partial charge in [-0.15, -0.1) is 0 Å². The summed E-state index contributed by atoms with van der Waals surface area (Å²) >= 11 is 1.14. The van der Waals surface area contributed by atoms with Crippen molar-refractivity contribution in [2.24, 2.45) is 0 Å². The van der Waals surface area contributed by atoms with Crippen molar-refractivity contribution in [1.29, 1.82) is 0 Å². The van der Waals surface area contributed by atoms with Crippen molar-refractivity contribution in [2.45, 2.75) is 31.4 Å². The number of anilines is 2. The van der Waals surface area contributed by atoms with E-state index in [0.717, 1.165) is 29.9 Å². The minimum atomic E-state index is -4.12. The van der Waals surface area contributed by atoms with Gasteiger partial charge in [-0.2, -0.15) is 17.5 Å². The molecule has 2 rings (SSSR count). The second-order valence-electron chi connectivity index (χ2n) is 3.88. The molecule has 0 spiro atoms. The van der Waals surface area contributed by atoms with E-state index in [4.69, 9.17) is 5.73 Å². The summed E-state index contributed by atoms with van der Waals surface area (Å²) in [5.41, 5.74) is 6.59. The van der Waals surface area contributed by atoms with Crippen LogP contribution in [0.3, 0.4) is 0 Å². The molecular weight excluding hydrogens is 239 g/mol. The van der Waals surface area contributed by atoms with Gasteiger partial charge in [0.05, 0.1) is 6.42 Å². The first-order valence-corrected chi connectivity index (χ1v) is 5.80. The Morgan fingerprint density at radius 1 is 1.44 bits per heavy atom. The topological polar surface area (TPSA) is 50.9 Å². The molecule has 0 amide bonds. The molecule has 1 aromatic rings. The van der Waals surface area contributed by atoms with Gasteiger partial charge in [0.1, 0.15) is 10.8 Å². The van der Waals surface area contributed by atoms with Crippen LogP contribution in [0.25, 0.3) is 0 Å². The molecule has 1 heterocycles. The summed E-state index contributed by atoms with van der Waals surface area (Å²) in [4.78, 5) is 0. The summed E-state index contributed by atoms with van der Waals surface area (Å²) in [6.45, 7) is -0.120. The lowest BCUT2D eigenvalue weighted by molar-refractivity contribution is -0.131. The third-order valence-electron chi connectivity index (χ3n) is 2.44. The molecule has 0 atom stereocenters. The van der Waals surface area contributed by atoms with E-state index in [0.29, 0.717) is 16.7 Å². The van der Waals surface area contributed by atoms with Gasteiger partial charge in [-0.25, -0.2) is 0 Å². The number of alkyl halides is 3. The second kappa shape index (κ2) is 4.12. The number of halogens is 3. The van der Waals surface area contributed by atoms with E-state index in [2.05, 4.69) is 9.69 Å². The fraction of sp³-hybridized carbons (Fsp3) is 0.667. The molecular formula is C9H12F3N3S. The van der Waals surface area contributed by atoms with Crippen LogP contribution in [0.1, 0.15) is 30.7 Å². The zero-order valence-corrected chi connectivity index (χ0v) is 9.29. The maximum absolute atomic E-state index is 12.0. The molecule has 0 saturated heterocycles. The molecule has 1 aromatic heterocycles. The van der Waals surface area contributed by atoms with Crippen LogP contribution in [0.15, 0.2) is 0 Å². The van der Waals surface area contributed by atoms with Crippen molar-refractivity contribution < 1.29 is 13.2 Å². The smallest absolute Gasteiger partial charge is 0.383 e. The van der Waals surface area contributed by atoms with Crippen LogP contribution in [0.2, 0.25) is 0 Å². The lowest BCUT2D eigenvalue weighted by atomic mass is 10.2. The van der Waals surface area contributed by atoms with Crippen molar-refractivity contribution >= 4 is 22.4 Å². The van der Waals surface area contributed by atoms with Gasteiger partial charge in [0.25, 0.3) is 0 Å². The van der Waals surface area contributed by atoms with Crippen LogP contribution in [-0.2, 0) is 0 Å². The molecule has 7 heteroatoms. The number of nitrogen functional groups attached to an aromatic ring is 1. The second-order valence-corrected chi connectivity index (χ2v) is 4.65. The summed E-state index contributed by atoms with van der Waals surface area (Å²) in [5, 5.41) is 3.47. The van der Waals surface area contributed by atoms with E-state index >= 15 is 0 Å². The average molecular weight is 251 g/mol. The van der Waals surface area contributed by atoms with E-state index in [9.17, 15) is 13.2 Å². The van der Waals surface area contributed by atoms with Gasteiger partial charge in [-0.3, -0.25) is 0 Å². The Morgan fingerprint density at radius 3 is 2.69 bits per heavy atom. The average Bonchev–Trinajstić information content (AvgIpc) is 2.91. The van der Waals surface area contributed by atoms with Gasteiger partial charge in [0.15, 0.2) is 0 Å². The van der Waals surface area contributed by atoms with Crippen LogP contribution in [0, 0.1) is 0 Å². The van der Waals surface area contributed by atoms with Crippen molar-refractivity contribution in [1.82, 2.24) is 4.37 Å². The van der Waals surface area contributed by atoms with Crippen LogP contribution in [0.5, 0.6) is 0 Å². The maximum Gasteiger partial charge on any atom is 0.390 e. The fourth-order valence-corrected chi connectivity index (χ4v) is 2.35. The quantitative estimate of drug-likeness (QED) is 0.865. The van der Waals surface area contributed by atoms with Crippen LogP contribution in [0.4, 0.5) is 24.0 Å². The van der Waals surface area contributed by atoms with Gasteiger partial charge >= 0.3 is 6.18 Å². The first-order chi connectivity index (χ1) is 7.47. The molecule has 90 valence electrons. The van der Waals surface area contributed by atoms with E-state index in [-0.39, 0.29) is 6.54 Å². The molecule has 1 aliphatic rings. The monoisotopic (exact) mass is 251 g/mol. The van der Waals surface area contributed by atoms with Crippen molar-refractivity contribution in [2.75, 3.05) is 17.6 Å². The van der Waals surface area contributed by atoms with Crippen LogP contribution < -0.4 is 11.1 Å². The van der Waals surface area contributed by atoms with E-state index < -0.39 is 12.6 Å². The summed E-state index contributed by atoms with van der Waals surface area (Å²) in [7, 11) is 0. The standard InChI is InChI=1S/C9H12F3N3S/c10-9(11,12)3-4-14-8-6(5-1-2-5)7(13)15-16-8/h5,14H,1-4H2,(H2,13,15). The molecule has 0 aromatic carbocycles. The molecule has 3 N–H and O–H groups in total. The first-order valence-electron chi connectivity index (χ1n) is 5.03. The normalized spacial score (nSPS) is 16.4. The fourth-order valence-electron chi connectivity index (χ4n) is 1.52. The molecule has 1 aliphatic carbocycles. The van der Waals surface area contributed by atoms with Gasteiger partial charge < -0.3 is 11.1 Å². The molecule has 1 saturated carbocycles. The van der Waals surface area contributed by atoms with Gasteiger partial charge in [0.2, 0.25) is 0 Å². The SMILES string of the molecule is Nc1nsc(NCCC(F)(F)F)c1C1CC1. The largest absolute Gasteiger partial charge is 0.390 e. The van der Waals surface area contributed by atoms with E-state index in [1.54, 1.807) is 0 Å². The Balaban J connectivity index is 1.94. The third kappa shape index (κ3) is 2.78. The molecule has 3 nitrogen and oxygen atoms in total. The predicted molar refractivity (Wildman–Crippen MR) is 57.7 cm³/mol. The van der Waals surface area contributed by atoms with Gasteiger partial charge in [-0.05, 0) is 30.3 Å². The van der Waals surface area contributed by atoms with Crippen molar-refractivity contribution in [3.63, 3.8) is 0 Å². The Bertz CT molecular complexity index is 371. The Hall–Kier alpha value is -0.980. The number of aromatic nitrogens is 1. The van der Waals surface area contributed by atoms with Crippen LogP contribution in [-0.4, -0.2) is 17.1 Å². The third-order valence-corrected chi connectivity index (χ3v) is 3.27. The molecule has 0 aliphatic heterocycles. The number of nitrogens with one attached hydrogen (secondary N) is 1. The van der Waals surface area contributed by atoms with Gasteiger partial charge in [-0.1, -0.05) is 0 Å².